The lowest BCUT2D eigenvalue weighted by molar-refractivity contribution is 0.183. The maximum Gasteiger partial charge on any atom is 0.0514 e. The molecule has 2 unspecified atom stereocenters. The Labute approximate surface area is 99.1 Å². The van der Waals surface area contributed by atoms with Crippen LogP contribution < -0.4 is 5.32 Å². The van der Waals surface area contributed by atoms with Crippen molar-refractivity contribution in [3.63, 3.8) is 0 Å². The summed E-state index contributed by atoms with van der Waals surface area (Å²) in [6.07, 6.45) is 1.17. The lowest BCUT2D eigenvalue weighted by Gasteiger charge is -2.21. The second-order valence-corrected chi connectivity index (χ2v) is 4.89. The Balaban J connectivity index is 1.99. The van der Waals surface area contributed by atoms with Crippen LogP contribution in [-0.2, 0) is 4.74 Å². The number of halogens is 1. The smallest absolute Gasteiger partial charge is 0.0514 e. The molecule has 0 saturated carbocycles. The fourth-order valence-corrected chi connectivity index (χ4v) is 2.29. The number of ether oxygens (including phenoxy) is 1. The molecule has 1 aliphatic heterocycles. The van der Waals surface area contributed by atoms with E-state index in [0.717, 1.165) is 23.4 Å². The van der Waals surface area contributed by atoms with Gasteiger partial charge < -0.3 is 10.1 Å². The second-order valence-electron chi connectivity index (χ2n) is 4.04. The van der Waals surface area contributed by atoms with Gasteiger partial charge in [-0.1, -0.05) is 12.1 Å². The molecule has 1 aromatic rings. The Hall–Kier alpha value is -0.540. The normalized spacial score (nSPS) is 22.7. The molecule has 0 bridgehead atoms. The molecule has 15 heavy (non-hydrogen) atoms. The van der Waals surface area contributed by atoms with E-state index >= 15 is 0 Å². The van der Waals surface area contributed by atoms with Crippen LogP contribution in [0.2, 0.25) is 0 Å². The number of nitrogens with one attached hydrogen (secondary N) is 1. The summed E-state index contributed by atoms with van der Waals surface area (Å²) in [6, 6.07) is 8.69. The number of anilines is 1. The van der Waals surface area contributed by atoms with Crippen LogP contribution in [0.4, 0.5) is 5.69 Å². The summed E-state index contributed by atoms with van der Waals surface area (Å²) in [7, 11) is 0. The number of hydrogen-bond donors (Lipinski definition) is 1. The largest absolute Gasteiger partial charge is 0.381 e. The summed E-state index contributed by atoms with van der Waals surface area (Å²) in [5.74, 6) is 0.636. The molecule has 3 heteroatoms. The van der Waals surface area contributed by atoms with Crippen LogP contribution in [0.15, 0.2) is 28.7 Å². The van der Waals surface area contributed by atoms with Crippen LogP contribution in [0, 0.1) is 5.92 Å². The minimum atomic E-state index is 0.464. The second kappa shape index (κ2) is 4.99. The van der Waals surface area contributed by atoms with Gasteiger partial charge in [0.25, 0.3) is 0 Å². The van der Waals surface area contributed by atoms with E-state index in [1.807, 2.05) is 12.1 Å². The topological polar surface area (TPSA) is 21.3 Å². The molecular weight excluding hydrogens is 254 g/mol. The highest BCUT2D eigenvalue weighted by atomic mass is 79.9. The van der Waals surface area contributed by atoms with E-state index in [1.165, 1.54) is 6.42 Å². The van der Waals surface area contributed by atoms with Gasteiger partial charge in [0.2, 0.25) is 0 Å². The Kier molecular flexibility index (Phi) is 3.65. The van der Waals surface area contributed by atoms with Gasteiger partial charge in [-0.2, -0.15) is 0 Å². The highest BCUT2D eigenvalue weighted by Crippen LogP contribution is 2.25. The molecule has 1 saturated heterocycles. The summed E-state index contributed by atoms with van der Waals surface area (Å²) in [6.45, 7) is 4.02. The Morgan fingerprint density at radius 3 is 2.93 bits per heavy atom. The predicted molar refractivity (Wildman–Crippen MR) is 66.2 cm³/mol. The molecule has 1 aliphatic rings. The molecule has 1 aromatic carbocycles. The van der Waals surface area contributed by atoms with Crippen molar-refractivity contribution < 1.29 is 4.74 Å². The summed E-state index contributed by atoms with van der Waals surface area (Å²) in [5, 5.41) is 3.53. The molecule has 0 aliphatic carbocycles. The van der Waals surface area contributed by atoms with Gasteiger partial charge in [-0.05, 0) is 41.4 Å². The Morgan fingerprint density at radius 2 is 2.27 bits per heavy atom. The first-order valence-electron chi connectivity index (χ1n) is 5.36. The quantitative estimate of drug-likeness (QED) is 0.910. The third-order valence-electron chi connectivity index (χ3n) is 2.93. The maximum absolute atomic E-state index is 5.39. The monoisotopic (exact) mass is 269 g/mol. The standard InChI is InChI=1S/C12H16BrNO/c1-9(10-6-7-15-8-10)14-12-5-3-2-4-11(12)13/h2-5,9-10,14H,6-8H2,1H3. The van der Waals surface area contributed by atoms with E-state index in [0.29, 0.717) is 12.0 Å². The fraction of sp³-hybridized carbons (Fsp3) is 0.500. The summed E-state index contributed by atoms with van der Waals surface area (Å²) >= 11 is 3.54. The van der Waals surface area contributed by atoms with Crippen LogP contribution in [0.5, 0.6) is 0 Å². The molecule has 0 spiro atoms. The molecule has 2 atom stereocenters. The van der Waals surface area contributed by atoms with E-state index in [1.54, 1.807) is 0 Å². The number of hydrogen-bond acceptors (Lipinski definition) is 2. The van der Waals surface area contributed by atoms with Crippen molar-refractivity contribution in [2.45, 2.75) is 19.4 Å². The molecule has 2 rings (SSSR count). The van der Waals surface area contributed by atoms with Crippen molar-refractivity contribution in [3.8, 4) is 0 Å². The minimum Gasteiger partial charge on any atom is -0.381 e. The third-order valence-corrected chi connectivity index (χ3v) is 3.62. The molecule has 1 N–H and O–H groups in total. The zero-order valence-corrected chi connectivity index (χ0v) is 10.5. The van der Waals surface area contributed by atoms with E-state index < -0.39 is 0 Å². The lowest BCUT2D eigenvalue weighted by atomic mass is 10.0. The van der Waals surface area contributed by atoms with Gasteiger partial charge >= 0.3 is 0 Å². The average Bonchev–Trinajstić information content (AvgIpc) is 2.74. The number of para-hydroxylation sites is 1. The van der Waals surface area contributed by atoms with Gasteiger partial charge in [-0.15, -0.1) is 0 Å². The van der Waals surface area contributed by atoms with E-state index in [2.05, 4.69) is 40.3 Å². The Bertz CT molecular complexity index is 323. The molecule has 0 aromatic heterocycles. The Morgan fingerprint density at radius 1 is 1.47 bits per heavy atom. The van der Waals surface area contributed by atoms with Gasteiger partial charge in [0, 0.05) is 28.7 Å². The van der Waals surface area contributed by atoms with Gasteiger partial charge in [0.15, 0.2) is 0 Å². The SMILES string of the molecule is CC(Nc1ccccc1Br)C1CCOC1. The molecular formula is C12H16BrNO. The molecule has 2 nitrogen and oxygen atoms in total. The lowest BCUT2D eigenvalue weighted by Crippen LogP contribution is -2.26. The van der Waals surface area contributed by atoms with E-state index in [-0.39, 0.29) is 0 Å². The van der Waals surface area contributed by atoms with Gasteiger partial charge in [0.1, 0.15) is 0 Å². The number of rotatable bonds is 3. The first-order chi connectivity index (χ1) is 7.27. The summed E-state index contributed by atoms with van der Waals surface area (Å²) in [4.78, 5) is 0. The van der Waals surface area contributed by atoms with Crippen LogP contribution >= 0.6 is 15.9 Å². The molecule has 1 heterocycles. The van der Waals surface area contributed by atoms with E-state index in [9.17, 15) is 0 Å². The maximum atomic E-state index is 5.39. The third kappa shape index (κ3) is 2.73. The van der Waals surface area contributed by atoms with Crippen molar-refractivity contribution in [3.05, 3.63) is 28.7 Å². The highest BCUT2D eigenvalue weighted by molar-refractivity contribution is 9.10. The molecule has 82 valence electrons. The zero-order chi connectivity index (χ0) is 10.7. The summed E-state index contributed by atoms with van der Waals surface area (Å²) < 4.78 is 6.52. The fourth-order valence-electron chi connectivity index (χ4n) is 1.89. The van der Waals surface area contributed by atoms with Crippen LogP contribution in [-0.4, -0.2) is 19.3 Å². The minimum absolute atomic E-state index is 0.464. The van der Waals surface area contributed by atoms with Gasteiger partial charge in [-0.3, -0.25) is 0 Å². The number of benzene rings is 1. The van der Waals surface area contributed by atoms with Crippen LogP contribution in [0.25, 0.3) is 0 Å². The van der Waals surface area contributed by atoms with Crippen molar-refractivity contribution in [2.75, 3.05) is 18.5 Å². The van der Waals surface area contributed by atoms with Crippen molar-refractivity contribution >= 4 is 21.6 Å². The van der Waals surface area contributed by atoms with Crippen molar-refractivity contribution in [1.29, 1.82) is 0 Å². The first kappa shape index (κ1) is 11.0. The van der Waals surface area contributed by atoms with Gasteiger partial charge in [0.05, 0.1) is 6.61 Å². The summed E-state index contributed by atoms with van der Waals surface area (Å²) in [5.41, 5.74) is 1.16. The molecule has 0 radical (unpaired) electrons. The van der Waals surface area contributed by atoms with Gasteiger partial charge in [-0.25, -0.2) is 0 Å². The van der Waals surface area contributed by atoms with Crippen molar-refractivity contribution in [1.82, 2.24) is 0 Å². The van der Waals surface area contributed by atoms with Crippen LogP contribution in [0.1, 0.15) is 13.3 Å². The van der Waals surface area contributed by atoms with E-state index in [4.69, 9.17) is 4.74 Å². The van der Waals surface area contributed by atoms with Crippen LogP contribution in [0.3, 0.4) is 0 Å². The first-order valence-corrected chi connectivity index (χ1v) is 6.15. The highest BCUT2D eigenvalue weighted by Gasteiger charge is 2.22. The zero-order valence-electron chi connectivity index (χ0n) is 8.87. The molecule has 1 fully saturated rings. The molecule has 0 amide bonds. The average molecular weight is 270 g/mol. The predicted octanol–water partition coefficient (Wildman–Crippen LogP) is 3.29. The van der Waals surface area contributed by atoms with Crippen molar-refractivity contribution in [2.24, 2.45) is 5.92 Å².